The zero-order chi connectivity index (χ0) is 13.1. The molecule has 0 unspecified atom stereocenters. The number of nitrogens with two attached hydrogens (primary N) is 1. The van der Waals surface area contributed by atoms with Gasteiger partial charge in [0.2, 0.25) is 0 Å². The van der Waals surface area contributed by atoms with Gasteiger partial charge in [0.05, 0.1) is 11.4 Å². The average Bonchev–Trinajstić information content (AvgIpc) is 2.60. The molecule has 0 aromatic carbocycles. The Morgan fingerprint density at radius 2 is 2.22 bits per heavy atom. The van der Waals surface area contributed by atoms with Gasteiger partial charge in [0.1, 0.15) is 10.1 Å². The molecule has 0 aliphatic carbocycles. The van der Waals surface area contributed by atoms with Crippen LogP contribution in [0.15, 0.2) is 32.9 Å². The summed E-state index contributed by atoms with van der Waals surface area (Å²) in [5.41, 5.74) is 7.70. The topological polar surface area (TPSA) is 56.7 Å². The van der Waals surface area contributed by atoms with E-state index in [2.05, 4.69) is 32.9 Å². The Kier molecular flexibility index (Phi) is 4.29. The summed E-state index contributed by atoms with van der Waals surface area (Å²) >= 11 is 4.93. The minimum Gasteiger partial charge on any atom is -0.395 e. The first-order valence-corrected chi connectivity index (χ1v) is 7.35. The van der Waals surface area contributed by atoms with Crippen molar-refractivity contribution >= 4 is 33.4 Å². The van der Waals surface area contributed by atoms with Gasteiger partial charge in [-0.1, -0.05) is 6.92 Å². The molecule has 18 heavy (non-hydrogen) atoms. The van der Waals surface area contributed by atoms with E-state index < -0.39 is 0 Å². The van der Waals surface area contributed by atoms with Crippen LogP contribution < -0.4 is 5.73 Å². The van der Waals surface area contributed by atoms with Crippen LogP contribution in [0.4, 0.5) is 5.69 Å². The van der Waals surface area contributed by atoms with Crippen LogP contribution in [-0.2, 0) is 6.54 Å². The number of anilines is 1. The maximum absolute atomic E-state index is 6.07. The van der Waals surface area contributed by atoms with Crippen molar-refractivity contribution in [3.8, 4) is 0 Å². The summed E-state index contributed by atoms with van der Waals surface area (Å²) in [6, 6.07) is 3.94. The van der Waals surface area contributed by atoms with Crippen molar-refractivity contribution in [3.05, 3.63) is 28.5 Å². The molecule has 0 atom stereocenters. The molecule has 4 nitrogen and oxygen atoms in total. The molecular weight excluding hydrogens is 312 g/mol. The lowest BCUT2D eigenvalue weighted by Crippen LogP contribution is -2.01. The molecule has 2 rings (SSSR count). The SMILES string of the molecule is CCCn1nc(C)c(N)c1Sc1ccc(Br)cn1. The molecule has 2 aromatic rings. The Labute approximate surface area is 119 Å². The molecule has 2 aromatic heterocycles. The van der Waals surface area contributed by atoms with Crippen LogP contribution >= 0.6 is 27.7 Å². The van der Waals surface area contributed by atoms with Crippen LogP contribution in [0.5, 0.6) is 0 Å². The Hall–Kier alpha value is -1.01. The van der Waals surface area contributed by atoms with Crippen LogP contribution in [0.25, 0.3) is 0 Å². The number of hydrogen-bond donors (Lipinski definition) is 1. The van der Waals surface area contributed by atoms with Crippen LogP contribution in [0.2, 0.25) is 0 Å². The van der Waals surface area contributed by atoms with Crippen molar-refractivity contribution in [1.82, 2.24) is 14.8 Å². The van der Waals surface area contributed by atoms with Gasteiger partial charge < -0.3 is 5.73 Å². The van der Waals surface area contributed by atoms with Crippen molar-refractivity contribution < 1.29 is 0 Å². The molecule has 6 heteroatoms. The van der Waals surface area contributed by atoms with Crippen LogP contribution in [-0.4, -0.2) is 14.8 Å². The molecule has 96 valence electrons. The molecule has 0 aliphatic heterocycles. The van der Waals surface area contributed by atoms with Crippen molar-refractivity contribution in [1.29, 1.82) is 0 Å². The number of pyridine rings is 1. The summed E-state index contributed by atoms with van der Waals surface area (Å²) in [7, 11) is 0. The standard InChI is InChI=1S/C12H15BrN4S/c1-3-6-17-12(11(14)8(2)16-17)18-10-5-4-9(13)7-15-10/h4-5,7H,3,6,14H2,1-2H3. The van der Waals surface area contributed by atoms with E-state index in [9.17, 15) is 0 Å². The number of rotatable bonds is 4. The highest BCUT2D eigenvalue weighted by Gasteiger charge is 2.13. The van der Waals surface area contributed by atoms with Gasteiger partial charge in [-0.3, -0.25) is 4.68 Å². The van der Waals surface area contributed by atoms with Crippen molar-refractivity contribution in [2.45, 2.75) is 36.9 Å². The summed E-state index contributed by atoms with van der Waals surface area (Å²) in [5.74, 6) is 0. The number of aromatic nitrogens is 3. The van der Waals surface area contributed by atoms with Gasteiger partial charge in [0, 0.05) is 17.2 Å². The minimum atomic E-state index is 0.748. The molecule has 0 spiro atoms. The monoisotopic (exact) mass is 326 g/mol. The molecule has 0 aliphatic rings. The summed E-state index contributed by atoms with van der Waals surface area (Å²) in [6.45, 7) is 4.93. The van der Waals surface area contributed by atoms with E-state index in [0.717, 1.165) is 38.9 Å². The Morgan fingerprint density at radius 3 is 2.83 bits per heavy atom. The predicted molar refractivity (Wildman–Crippen MR) is 77.7 cm³/mol. The first kappa shape index (κ1) is 13.4. The first-order valence-electron chi connectivity index (χ1n) is 5.74. The number of aryl methyl sites for hydroxylation is 2. The zero-order valence-electron chi connectivity index (χ0n) is 10.4. The molecule has 0 radical (unpaired) electrons. The van der Waals surface area contributed by atoms with E-state index in [-0.39, 0.29) is 0 Å². The van der Waals surface area contributed by atoms with Gasteiger partial charge in [0.25, 0.3) is 0 Å². The molecule has 0 saturated carbocycles. The highest BCUT2D eigenvalue weighted by Crippen LogP contribution is 2.33. The van der Waals surface area contributed by atoms with Crippen LogP contribution in [0, 0.1) is 6.92 Å². The highest BCUT2D eigenvalue weighted by molar-refractivity contribution is 9.10. The van der Waals surface area contributed by atoms with E-state index in [1.54, 1.807) is 18.0 Å². The van der Waals surface area contributed by atoms with Crippen molar-refractivity contribution in [2.75, 3.05) is 5.73 Å². The van der Waals surface area contributed by atoms with E-state index in [0.29, 0.717) is 0 Å². The van der Waals surface area contributed by atoms with E-state index in [1.807, 2.05) is 23.7 Å². The van der Waals surface area contributed by atoms with E-state index in [1.165, 1.54) is 0 Å². The molecular formula is C12H15BrN4S. The highest BCUT2D eigenvalue weighted by atomic mass is 79.9. The number of nitrogens with zero attached hydrogens (tertiary/aromatic N) is 3. The fourth-order valence-corrected chi connectivity index (χ4v) is 2.74. The fourth-order valence-electron chi connectivity index (χ4n) is 1.57. The molecule has 0 fully saturated rings. The second-order valence-corrected chi connectivity index (χ2v) is 5.87. The van der Waals surface area contributed by atoms with Gasteiger partial charge in [-0.2, -0.15) is 5.10 Å². The third-order valence-electron chi connectivity index (χ3n) is 2.46. The van der Waals surface area contributed by atoms with Gasteiger partial charge in [-0.25, -0.2) is 4.98 Å². The van der Waals surface area contributed by atoms with Gasteiger partial charge in [-0.05, 0) is 53.2 Å². The molecule has 0 amide bonds. The third-order valence-corrected chi connectivity index (χ3v) is 4.01. The second-order valence-electron chi connectivity index (χ2n) is 3.94. The Morgan fingerprint density at radius 1 is 1.44 bits per heavy atom. The Bertz CT molecular complexity index is 536. The number of hydrogen-bond acceptors (Lipinski definition) is 4. The normalized spacial score (nSPS) is 10.8. The maximum Gasteiger partial charge on any atom is 0.123 e. The first-order chi connectivity index (χ1) is 8.61. The molecule has 2 N–H and O–H groups in total. The summed E-state index contributed by atoms with van der Waals surface area (Å²) in [5, 5.41) is 6.34. The van der Waals surface area contributed by atoms with Gasteiger partial charge >= 0.3 is 0 Å². The van der Waals surface area contributed by atoms with Gasteiger partial charge in [-0.15, -0.1) is 0 Å². The molecule has 0 bridgehead atoms. The third kappa shape index (κ3) is 2.87. The quantitative estimate of drug-likeness (QED) is 0.934. The number of halogens is 1. The second kappa shape index (κ2) is 5.75. The van der Waals surface area contributed by atoms with Crippen LogP contribution in [0.1, 0.15) is 19.0 Å². The molecule has 2 heterocycles. The van der Waals surface area contributed by atoms with Crippen molar-refractivity contribution in [3.63, 3.8) is 0 Å². The maximum atomic E-state index is 6.07. The summed E-state index contributed by atoms with van der Waals surface area (Å²) in [4.78, 5) is 4.34. The smallest absolute Gasteiger partial charge is 0.123 e. The lowest BCUT2D eigenvalue weighted by molar-refractivity contribution is 0.556. The summed E-state index contributed by atoms with van der Waals surface area (Å²) in [6.07, 6.45) is 2.81. The molecule has 0 saturated heterocycles. The predicted octanol–water partition coefficient (Wildman–Crippen LogP) is 3.49. The lowest BCUT2D eigenvalue weighted by atomic mass is 10.4. The van der Waals surface area contributed by atoms with E-state index >= 15 is 0 Å². The van der Waals surface area contributed by atoms with Crippen molar-refractivity contribution in [2.24, 2.45) is 0 Å². The van der Waals surface area contributed by atoms with E-state index in [4.69, 9.17) is 5.73 Å². The minimum absolute atomic E-state index is 0.748. The lowest BCUT2D eigenvalue weighted by Gasteiger charge is -2.06. The Balaban J connectivity index is 2.30. The fraction of sp³-hybridized carbons (Fsp3) is 0.333. The average molecular weight is 327 g/mol. The zero-order valence-corrected chi connectivity index (χ0v) is 12.8. The largest absolute Gasteiger partial charge is 0.395 e. The summed E-state index contributed by atoms with van der Waals surface area (Å²) < 4.78 is 2.93. The van der Waals surface area contributed by atoms with Crippen LogP contribution in [0.3, 0.4) is 0 Å². The van der Waals surface area contributed by atoms with Gasteiger partial charge in [0.15, 0.2) is 0 Å². The number of nitrogen functional groups attached to an aromatic ring is 1.